The lowest BCUT2D eigenvalue weighted by atomic mass is 9.94. The van der Waals surface area contributed by atoms with E-state index in [0.29, 0.717) is 5.39 Å². The van der Waals surface area contributed by atoms with Crippen LogP contribution in [0.1, 0.15) is 80.6 Å². The van der Waals surface area contributed by atoms with Crippen LogP contribution in [0.3, 0.4) is 0 Å². The van der Waals surface area contributed by atoms with E-state index in [4.69, 9.17) is 10.1 Å². The fourth-order valence-electron chi connectivity index (χ4n) is 5.34. The van der Waals surface area contributed by atoms with Gasteiger partial charge in [-0.15, -0.1) is 0 Å². The first-order valence-electron chi connectivity index (χ1n) is 11.7. The first-order chi connectivity index (χ1) is 15.1. The van der Waals surface area contributed by atoms with Crippen LogP contribution in [0.15, 0.2) is 16.9 Å². The summed E-state index contributed by atoms with van der Waals surface area (Å²) < 4.78 is 5.79. The SMILES string of the molecule is CCC(CC)n1c(=O)c2c(C(C)C)nc3c(-c4c(C)cc(C)cc4C)c(C)nn3c2n1C. The summed E-state index contributed by atoms with van der Waals surface area (Å²) in [5, 5.41) is 5.62. The number of hydrogen-bond donors (Lipinski definition) is 0. The Hall–Kier alpha value is -2.89. The molecular weight excluding hydrogens is 398 g/mol. The van der Waals surface area contributed by atoms with Gasteiger partial charge in [-0.05, 0) is 63.1 Å². The maximum absolute atomic E-state index is 13.6. The van der Waals surface area contributed by atoms with Crippen LogP contribution >= 0.6 is 0 Å². The molecule has 0 fully saturated rings. The predicted octanol–water partition coefficient (Wildman–Crippen LogP) is 5.77. The van der Waals surface area contributed by atoms with E-state index < -0.39 is 0 Å². The summed E-state index contributed by atoms with van der Waals surface area (Å²) in [5.74, 6) is 0.121. The Morgan fingerprint density at radius 3 is 2.09 bits per heavy atom. The Balaban J connectivity index is 2.21. The van der Waals surface area contributed by atoms with E-state index in [9.17, 15) is 4.79 Å². The van der Waals surface area contributed by atoms with Crippen LogP contribution in [-0.4, -0.2) is 24.0 Å². The van der Waals surface area contributed by atoms with Crippen molar-refractivity contribution in [1.29, 1.82) is 0 Å². The van der Waals surface area contributed by atoms with E-state index in [2.05, 4.69) is 60.6 Å². The highest BCUT2D eigenvalue weighted by Crippen LogP contribution is 2.36. The highest BCUT2D eigenvalue weighted by molar-refractivity contribution is 5.89. The van der Waals surface area contributed by atoms with Gasteiger partial charge in [-0.2, -0.15) is 9.61 Å². The number of fused-ring (bicyclic) bond motifs is 3. The van der Waals surface area contributed by atoms with Gasteiger partial charge in [0.25, 0.3) is 5.56 Å². The third-order valence-electron chi connectivity index (χ3n) is 6.76. The first-order valence-corrected chi connectivity index (χ1v) is 11.7. The molecule has 0 saturated carbocycles. The number of nitrogens with zero attached hydrogens (tertiary/aromatic N) is 5. The van der Waals surface area contributed by atoms with Crippen molar-refractivity contribution in [2.24, 2.45) is 7.05 Å². The summed E-state index contributed by atoms with van der Waals surface area (Å²) >= 11 is 0. The van der Waals surface area contributed by atoms with Crippen LogP contribution in [0.2, 0.25) is 0 Å². The predicted molar refractivity (Wildman–Crippen MR) is 132 cm³/mol. The number of aromatic nitrogens is 5. The van der Waals surface area contributed by atoms with E-state index in [1.807, 2.05) is 27.9 Å². The van der Waals surface area contributed by atoms with Crippen LogP contribution in [0.4, 0.5) is 0 Å². The molecular formula is C26H35N5O. The lowest BCUT2D eigenvalue weighted by Gasteiger charge is -2.17. The smallest absolute Gasteiger partial charge is 0.267 e. The zero-order chi connectivity index (χ0) is 23.5. The molecule has 0 bridgehead atoms. The largest absolute Gasteiger partial charge is 0.278 e. The molecule has 1 aromatic carbocycles. The molecule has 0 spiro atoms. The number of aryl methyl sites for hydroxylation is 5. The minimum Gasteiger partial charge on any atom is -0.267 e. The molecule has 3 heterocycles. The van der Waals surface area contributed by atoms with Crippen LogP contribution in [0.5, 0.6) is 0 Å². The van der Waals surface area contributed by atoms with Gasteiger partial charge in [0.2, 0.25) is 0 Å². The van der Waals surface area contributed by atoms with Crippen LogP contribution in [0, 0.1) is 27.7 Å². The lowest BCUT2D eigenvalue weighted by Crippen LogP contribution is -2.26. The van der Waals surface area contributed by atoms with Crippen molar-refractivity contribution in [2.45, 2.75) is 80.2 Å². The van der Waals surface area contributed by atoms with Crippen molar-refractivity contribution in [3.8, 4) is 11.1 Å². The van der Waals surface area contributed by atoms with E-state index in [0.717, 1.165) is 41.1 Å². The molecule has 0 saturated heterocycles. The van der Waals surface area contributed by atoms with Crippen molar-refractivity contribution in [3.63, 3.8) is 0 Å². The van der Waals surface area contributed by atoms with Crippen molar-refractivity contribution >= 4 is 16.7 Å². The van der Waals surface area contributed by atoms with Gasteiger partial charge in [-0.25, -0.2) is 9.67 Å². The summed E-state index contributed by atoms with van der Waals surface area (Å²) in [6.45, 7) is 17.0. The topological polar surface area (TPSA) is 57.1 Å². The van der Waals surface area contributed by atoms with Crippen molar-refractivity contribution in [3.05, 3.63) is 50.6 Å². The molecule has 32 heavy (non-hydrogen) atoms. The molecule has 0 aliphatic carbocycles. The third-order valence-corrected chi connectivity index (χ3v) is 6.76. The minimum absolute atomic E-state index is 0.0340. The summed E-state index contributed by atoms with van der Waals surface area (Å²) in [4.78, 5) is 18.8. The number of benzene rings is 1. The second kappa shape index (κ2) is 7.91. The van der Waals surface area contributed by atoms with Gasteiger partial charge in [-0.3, -0.25) is 9.48 Å². The monoisotopic (exact) mass is 433 g/mol. The Labute approximate surface area is 189 Å². The molecule has 6 nitrogen and oxygen atoms in total. The molecule has 6 heteroatoms. The molecule has 0 radical (unpaired) electrons. The van der Waals surface area contributed by atoms with E-state index >= 15 is 0 Å². The number of hydrogen-bond acceptors (Lipinski definition) is 3. The third kappa shape index (κ3) is 3.11. The van der Waals surface area contributed by atoms with Gasteiger partial charge in [0.1, 0.15) is 5.39 Å². The second-order valence-corrected chi connectivity index (χ2v) is 9.46. The Morgan fingerprint density at radius 2 is 1.56 bits per heavy atom. The Bertz CT molecular complexity index is 1370. The quantitative estimate of drug-likeness (QED) is 0.402. The summed E-state index contributed by atoms with van der Waals surface area (Å²) in [5.41, 5.74) is 9.40. The van der Waals surface area contributed by atoms with Gasteiger partial charge >= 0.3 is 0 Å². The molecule has 3 aromatic heterocycles. The zero-order valence-corrected chi connectivity index (χ0v) is 20.9. The van der Waals surface area contributed by atoms with Crippen LogP contribution in [-0.2, 0) is 7.05 Å². The van der Waals surface area contributed by atoms with Gasteiger partial charge < -0.3 is 0 Å². The van der Waals surface area contributed by atoms with Gasteiger partial charge in [-0.1, -0.05) is 45.4 Å². The molecule has 4 aromatic rings. The maximum Gasteiger partial charge on any atom is 0.278 e. The van der Waals surface area contributed by atoms with Crippen molar-refractivity contribution in [1.82, 2.24) is 24.0 Å². The van der Waals surface area contributed by atoms with Crippen LogP contribution in [0.25, 0.3) is 27.8 Å². The lowest BCUT2D eigenvalue weighted by molar-refractivity contribution is 0.371. The highest BCUT2D eigenvalue weighted by atomic mass is 16.1. The fraction of sp³-hybridized carbons (Fsp3) is 0.500. The average molecular weight is 434 g/mol. The highest BCUT2D eigenvalue weighted by Gasteiger charge is 2.27. The van der Waals surface area contributed by atoms with Gasteiger partial charge in [0.15, 0.2) is 11.3 Å². The van der Waals surface area contributed by atoms with Gasteiger partial charge in [0, 0.05) is 7.05 Å². The molecule has 0 aliphatic rings. The normalized spacial score (nSPS) is 12.2. The number of rotatable bonds is 5. The second-order valence-electron chi connectivity index (χ2n) is 9.46. The standard InChI is InChI=1S/C26H35N5O/c1-10-19(11-2)31-26(32)22-23(14(3)4)27-24-21(18(8)28-30(24)25(22)29(31)9)20-16(6)12-15(5)13-17(20)7/h12-14,19H,10-11H2,1-9H3. The summed E-state index contributed by atoms with van der Waals surface area (Å²) in [6.07, 6.45) is 1.80. The van der Waals surface area contributed by atoms with Crippen molar-refractivity contribution in [2.75, 3.05) is 0 Å². The minimum atomic E-state index is 0.0340. The first kappa shape index (κ1) is 22.3. The maximum atomic E-state index is 13.6. The van der Waals surface area contributed by atoms with Gasteiger partial charge in [0.05, 0.1) is 23.0 Å². The average Bonchev–Trinajstić information content (AvgIpc) is 3.17. The fourth-order valence-corrected chi connectivity index (χ4v) is 5.34. The molecule has 4 rings (SSSR count). The Kier molecular flexibility index (Phi) is 5.51. The van der Waals surface area contributed by atoms with E-state index in [1.54, 1.807) is 0 Å². The summed E-state index contributed by atoms with van der Waals surface area (Å²) in [7, 11) is 1.98. The molecule has 0 amide bonds. The molecule has 0 atom stereocenters. The Morgan fingerprint density at radius 1 is 0.969 bits per heavy atom. The van der Waals surface area contributed by atoms with Crippen LogP contribution < -0.4 is 5.56 Å². The zero-order valence-electron chi connectivity index (χ0n) is 20.9. The molecule has 0 aliphatic heterocycles. The molecule has 0 N–H and O–H groups in total. The molecule has 170 valence electrons. The van der Waals surface area contributed by atoms with Crippen molar-refractivity contribution < 1.29 is 0 Å². The van der Waals surface area contributed by atoms with E-state index in [1.165, 1.54) is 22.3 Å². The van der Waals surface area contributed by atoms with E-state index in [-0.39, 0.29) is 17.5 Å². The summed E-state index contributed by atoms with van der Waals surface area (Å²) in [6, 6.07) is 4.58. The molecule has 0 unspecified atom stereocenters.